The summed E-state index contributed by atoms with van der Waals surface area (Å²) >= 11 is 0. The predicted octanol–water partition coefficient (Wildman–Crippen LogP) is 2.16. The van der Waals surface area contributed by atoms with Crippen LogP contribution in [-0.4, -0.2) is 28.6 Å². The maximum Gasteiger partial charge on any atom is 0.323 e. The van der Waals surface area contributed by atoms with Crippen molar-refractivity contribution in [2.24, 2.45) is 0 Å². The smallest absolute Gasteiger partial charge is 0.323 e. The van der Waals surface area contributed by atoms with Crippen molar-refractivity contribution in [3.8, 4) is 0 Å². The Balaban J connectivity index is 2.27. The van der Waals surface area contributed by atoms with E-state index in [2.05, 4.69) is 0 Å². The Kier molecular flexibility index (Phi) is 3.89. The molecule has 0 saturated heterocycles. The first-order chi connectivity index (χ1) is 9.49. The highest BCUT2D eigenvalue weighted by Gasteiger charge is 2.18. The van der Waals surface area contributed by atoms with E-state index in [1.165, 1.54) is 9.47 Å². The van der Waals surface area contributed by atoms with Crippen LogP contribution in [0.5, 0.6) is 0 Å². The van der Waals surface area contributed by atoms with Gasteiger partial charge in [-0.2, -0.15) is 0 Å². The van der Waals surface area contributed by atoms with E-state index in [0.29, 0.717) is 5.69 Å². The van der Waals surface area contributed by atoms with E-state index in [9.17, 15) is 9.59 Å². The molecule has 1 aromatic carbocycles. The van der Waals surface area contributed by atoms with Crippen LogP contribution in [-0.2, 0) is 11.3 Å². The third-order valence-electron chi connectivity index (χ3n) is 3.05. The fourth-order valence-electron chi connectivity index (χ4n) is 2.02. The molecule has 0 aliphatic carbocycles. The Bertz CT molecular complexity index is 646. The van der Waals surface area contributed by atoms with Gasteiger partial charge in [0.25, 0.3) is 5.91 Å². The van der Waals surface area contributed by atoms with E-state index >= 15 is 0 Å². The summed E-state index contributed by atoms with van der Waals surface area (Å²) < 4.78 is 1.43. The monoisotopic (exact) mass is 272 g/mol. The predicted molar refractivity (Wildman–Crippen MR) is 76.0 cm³/mol. The largest absolute Gasteiger partial charge is 0.480 e. The molecule has 1 amide bonds. The van der Waals surface area contributed by atoms with Gasteiger partial charge in [-0.1, -0.05) is 12.1 Å². The summed E-state index contributed by atoms with van der Waals surface area (Å²) in [6.45, 7) is 1.73. The van der Waals surface area contributed by atoms with Crippen molar-refractivity contribution in [1.29, 1.82) is 0 Å². The second kappa shape index (κ2) is 5.61. The van der Waals surface area contributed by atoms with Crippen LogP contribution in [0.4, 0.5) is 5.69 Å². The Morgan fingerprint density at radius 2 is 2.00 bits per heavy atom. The number of aliphatic carboxylic acids is 1. The lowest BCUT2D eigenvalue weighted by atomic mass is 10.2. The molecule has 104 valence electrons. The van der Waals surface area contributed by atoms with Crippen LogP contribution in [0.2, 0.25) is 0 Å². The molecule has 2 rings (SSSR count). The zero-order valence-corrected chi connectivity index (χ0v) is 11.4. The van der Waals surface area contributed by atoms with Crippen molar-refractivity contribution >= 4 is 17.6 Å². The van der Waals surface area contributed by atoms with Gasteiger partial charge in [0, 0.05) is 18.9 Å². The molecule has 20 heavy (non-hydrogen) atoms. The number of carbonyl (C=O) groups is 2. The topological polar surface area (TPSA) is 62.5 Å². The second-order valence-corrected chi connectivity index (χ2v) is 4.62. The molecular formula is C15H16N2O3. The number of carbonyl (C=O) groups excluding carboxylic acids is 1. The Labute approximate surface area is 117 Å². The Morgan fingerprint density at radius 3 is 2.65 bits per heavy atom. The highest BCUT2D eigenvalue weighted by molar-refractivity contribution is 6.04. The molecule has 5 nitrogen and oxygen atoms in total. The van der Waals surface area contributed by atoms with Crippen molar-refractivity contribution in [2.75, 3.05) is 11.9 Å². The van der Waals surface area contributed by atoms with Crippen molar-refractivity contribution in [2.45, 2.75) is 13.5 Å². The summed E-state index contributed by atoms with van der Waals surface area (Å²) in [6, 6.07) is 10.9. The number of anilines is 1. The van der Waals surface area contributed by atoms with Crippen LogP contribution in [0.1, 0.15) is 16.1 Å². The van der Waals surface area contributed by atoms with Gasteiger partial charge < -0.3 is 14.6 Å². The fourth-order valence-corrected chi connectivity index (χ4v) is 2.02. The lowest BCUT2D eigenvalue weighted by Gasteiger charge is -2.18. The number of nitrogens with zero attached hydrogens (tertiary/aromatic N) is 2. The number of carboxylic acid groups (broad SMARTS) is 1. The molecule has 0 fully saturated rings. The lowest BCUT2D eigenvalue weighted by Crippen LogP contribution is -2.29. The molecule has 0 radical (unpaired) electrons. The molecule has 0 bridgehead atoms. The summed E-state index contributed by atoms with van der Waals surface area (Å²) in [4.78, 5) is 24.7. The van der Waals surface area contributed by atoms with Gasteiger partial charge in [-0.05, 0) is 36.8 Å². The molecule has 1 aromatic heterocycles. The molecule has 0 unspecified atom stereocenters. The number of aromatic nitrogens is 1. The van der Waals surface area contributed by atoms with Crippen molar-refractivity contribution < 1.29 is 14.7 Å². The third kappa shape index (κ3) is 2.88. The molecule has 2 aromatic rings. The summed E-state index contributed by atoms with van der Waals surface area (Å²) in [5.74, 6) is -1.21. The van der Waals surface area contributed by atoms with E-state index in [4.69, 9.17) is 5.11 Å². The van der Waals surface area contributed by atoms with Crippen molar-refractivity contribution in [1.82, 2.24) is 4.57 Å². The van der Waals surface area contributed by atoms with Gasteiger partial charge in [-0.15, -0.1) is 0 Å². The molecule has 0 spiro atoms. The van der Waals surface area contributed by atoms with Crippen molar-refractivity contribution in [3.05, 3.63) is 53.9 Å². The van der Waals surface area contributed by atoms with E-state index in [1.54, 1.807) is 25.4 Å². The number of rotatable bonds is 4. The van der Waals surface area contributed by atoms with Gasteiger partial charge in [-0.25, -0.2) is 0 Å². The lowest BCUT2D eigenvalue weighted by molar-refractivity contribution is -0.137. The molecule has 5 heteroatoms. The van der Waals surface area contributed by atoms with Gasteiger partial charge >= 0.3 is 5.97 Å². The summed E-state index contributed by atoms with van der Waals surface area (Å²) in [6.07, 6.45) is 1.59. The first kappa shape index (κ1) is 13.9. The molecular weight excluding hydrogens is 256 g/mol. The summed E-state index contributed by atoms with van der Waals surface area (Å²) in [5.41, 5.74) is 2.19. The van der Waals surface area contributed by atoms with Gasteiger partial charge in [0.15, 0.2) is 0 Å². The number of carboxylic acids is 1. The van der Waals surface area contributed by atoms with Crippen molar-refractivity contribution in [3.63, 3.8) is 0 Å². The standard InChI is InChI=1S/C15H16N2O3/c1-11-5-3-6-12(9-11)16(2)15(20)13-7-4-8-17(13)10-14(18)19/h3-9H,10H2,1-2H3,(H,18,19). The van der Waals surface area contributed by atoms with E-state index in [1.807, 2.05) is 31.2 Å². The molecule has 0 atom stereocenters. The quantitative estimate of drug-likeness (QED) is 0.927. The highest BCUT2D eigenvalue weighted by atomic mass is 16.4. The highest BCUT2D eigenvalue weighted by Crippen LogP contribution is 2.17. The van der Waals surface area contributed by atoms with Gasteiger partial charge in [0.05, 0.1) is 0 Å². The zero-order chi connectivity index (χ0) is 14.7. The first-order valence-corrected chi connectivity index (χ1v) is 6.20. The Hall–Kier alpha value is -2.56. The minimum absolute atomic E-state index is 0.226. The second-order valence-electron chi connectivity index (χ2n) is 4.62. The normalized spacial score (nSPS) is 10.3. The minimum Gasteiger partial charge on any atom is -0.480 e. The molecule has 0 saturated carbocycles. The van der Waals surface area contributed by atoms with E-state index in [0.717, 1.165) is 11.3 Å². The van der Waals surface area contributed by atoms with Crippen LogP contribution in [0.25, 0.3) is 0 Å². The van der Waals surface area contributed by atoms with Gasteiger partial charge in [0.2, 0.25) is 0 Å². The number of amides is 1. The maximum absolute atomic E-state index is 12.4. The van der Waals surface area contributed by atoms with Crippen LogP contribution in [0, 0.1) is 6.92 Å². The number of benzene rings is 1. The third-order valence-corrected chi connectivity index (χ3v) is 3.05. The maximum atomic E-state index is 12.4. The first-order valence-electron chi connectivity index (χ1n) is 6.20. The average molecular weight is 272 g/mol. The van der Waals surface area contributed by atoms with Crippen LogP contribution in [0.15, 0.2) is 42.6 Å². The van der Waals surface area contributed by atoms with Crippen LogP contribution < -0.4 is 4.90 Å². The van der Waals surface area contributed by atoms with Crippen LogP contribution >= 0.6 is 0 Å². The number of hydrogen-bond donors (Lipinski definition) is 1. The molecule has 1 N–H and O–H groups in total. The summed E-state index contributed by atoms with van der Waals surface area (Å²) in [5, 5.41) is 8.84. The van der Waals surface area contributed by atoms with Gasteiger partial charge in [0.1, 0.15) is 12.2 Å². The molecule has 0 aliphatic rings. The minimum atomic E-state index is -0.978. The number of aryl methyl sites for hydroxylation is 1. The summed E-state index contributed by atoms with van der Waals surface area (Å²) in [7, 11) is 1.68. The average Bonchev–Trinajstić information content (AvgIpc) is 2.84. The fraction of sp³-hybridized carbons (Fsp3) is 0.200. The SMILES string of the molecule is Cc1cccc(N(C)C(=O)c2cccn2CC(=O)O)c1. The zero-order valence-electron chi connectivity index (χ0n) is 11.4. The van der Waals surface area contributed by atoms with Crippen LogP contribution in [0.3, 0.4) is 0 Å². The Morgan fingerprint density at radius 1 is 1.25 bits per heavy atom. The van der Waals surface area contributed by atoms with E-state index in [-0.39, 0.29) is 12.5 Å². The van der Waals surface area contributed by atoms with E-state index < -0.39 is 5.97 Å². The number of hydrogen-bond acceptors (Lipinski definition) is 2. The molecule has 1 heterocycles. The molecule has 0 aliphatic heterocycles. The van der Waals surface area contributed by atoms with Gasteiger partial charge in [-0.3, -0.25) is 9.59 Å².